The molecule has 0 aromatic heterocycles. The van der Waals surface area contributed by atoms with Gasteiger partial charge in [-0.3, -0.25) is 0 Å². The highest BCUT2D eigenvalue weighted by Gasteiger charge is 2.28. The van der Waals surface area contributed by atoms with Gasteiger partial charge in [0.1, 0.15) is 4.90 Å². The first-order valence-corrected chi connectivity index (χ1v) is 8.07. The van der Waals surface area contributed by atoms with E-state index in [-0.39, 0.29) is 11.0 Å². The van der Waals surface area contributed by atoms with Crippen molar-refractivity contribution in [2.24, 2.45) is 11.1 Å². The van der Waals surface area contributed by atoms with Crippen LogP contribution in [0.3, 0.4) is 0 Å². The van der Waals surface area contributed by atoms with E-state index in [2.05, 4.69) is 6.92 Å². The molecule has 2 atom stereocenters. The number of sulfonamides is 1. The van der Waals surface area contributed by atoms with Gasteiger partial charge in [0, 0.05) is 25.9 Å². The molecule has 2 unspecified atom stereocenters. The summed E-state index contributed by atoms with van der Waals surface area (Å²) in [5.41, 5.74) is 6.64. The van der Waals surface area contributed by atoms with Crippen LogP contribution in [0.15, 0.2) is 23.1 Å². The number of ether oxygens (including phenoxy) is 1. The first-order chi connectivity index (χ1) is 9.32. The van der Waals surface area contributed by atoms with Crippen molar-refractivity contribution in [1.82, 2.24) is 0 Å². The van der Waals surface area contributed by atoms with E-state index < -0.39 is 10.0 Å². The van der Waals surface area contributed by atoms with E-state index in [4.69, 9.17) is 15.6 Å². The summed E-state index contributed by atoms with van der Waals surface area (Å²) in [6, 6.07) is 4.80. The summed E-state index contributed by atoms with van der Waals surface area (Å²) in [6.45, 7) is 3.55. The number of benzene rings is 1. The Kier molecular flexibility index (Phi) is 4.22. The predicted octanol–water partition coefficient (Wildman–Crippen LogP) is 0.777. The zero-order valence-corrected chi connectivity index (χ0v) is 12.6. The highest BCUT2D eigenvalue weighted by Crippen LogP contribution is 2.30. The molecule has 1 saturated heterocycles. The van der Waals surface area contributed by atoms with Crippen LogP contribution < -0.4 is 15.8 Å². The van der Waals surface area contributed by atoms with Crippen LogP contribution in [0.5, 0.6) is 0 Å². The third-order valence-corrected chi connectivity index (χ3v) is 4.76. The van der Waals surface area contributed by atoms with Crippen LogP contribution in [0.2, 0.25) is 0 Å². The molecule has 1 fully saturated rings. The molecule has 0 amide bonds. The highest BCUT2D eigenvalue weighted by molar-refractivity contribution is 7.89. The van der Waals surface area contributed by atoms with Crippen LogP contribution in [0.1, 0.15) is 13.3 Å². The van der Waals surface area contributed by atoms with E-state index in [1.54, 1.807) is 19.2 Å². The maximum absolute atomic E-state index is 11.7. The summed E-state index contributed by atoms with van der Waals surface area (Å²) >= 11 is 0. The number of nitrogens with zero attached hydrogens (tertiary/aromatic N) is 1. The van der Waals surface area contributed by atoms with Gasteiger partial charge in [0.2, 0.25) is 10.0 Å². The molecule has 1 heterocycles. The minimum atomic E-state index is -3.81. The quantitative estimate of drug-likeness (QED) is 0.804. The topological polar surface area (TPSA) is 98.7 Å². The van der Waals surface area contributed by atoms with E-state index in [9.17, 15) is 8.42 Å². The molecule has 4 N–H and O–H groups in total. The number of hydrogen-bond donors (Lipinski definition) is 2. The number of hydrogen-bond acceptors (Lipinski definition) is 5. The molecule has 20 heavy (non-hydrogen) atoms. The predicted molar refractivity (Wildman–Crippen MR) is 79.0 cm³/mol. The molecular weight excluding hydrogens is 278 g/mol. The lowest BCUT2D eigenvalue weighted by Gasteiger charge is -2.38. The smallest absolute Gasteiger partial charge is 0.240 e. The fourth-order valence-corrected chi connectivity index (χ4v) is 3.37. The Morgan fingerprint density at radius 1 is 1.40 bits per heavy atom. The largest absolute Gasteiger partial charge is 0.399 e. The normalized spacial score (nSPS) is 23.9. The van der Waals surface area contributed by atoms with Crippen LogP contribution in [-0.4, -0.2) is 34.7 Å². The lowest BCUT2D eigenvalue weighted by molar-refractivity contribution is 0.0497. The van der Waals surface area contributed by atoms with Gasteiger partial charge in [0.15, 0.2) is 0 Å². The Bertz CT molecular complexity index is 589. The second-order valence-electron chi connectivity index (χ2n) is 5.26. The highest BCUT2D eigenvalue weighted by atomic mass is 32.2. The van der Waals surface area contributed by atoms with Crippen LogP contribution in [-0.2, 0) is 14.8 Å². The lowest BCUT2D eigenvalue weighted by Crippen LogP contribution is -2.44. The molecule has 0 aliphatic carbocycles. The molecule has 1 aromatic carbocycles. The van der Waals surface area contributed by atoms with Gasteiger partial charge < -0.3 is 15.4 Å². The molecule has 1 aromatic rings. The minimum absolute atomic E-state index is 0.0712. The summed E-state index contributed by atoms with van der Waals surface area (Å²) in [7, 11) is -2.13. The van der Waals surface area contributed by atoms with Crippen molar-refractivity contribution >= 4 is 21.4 Å². The van der Waals surface area contributed by atoms with Crippen LogP contribution in [0, 0.1) is 5.92 Å². The van der Waals surface area contributed by atoms with Crippen molar-refractivity contribution < 1.29 is 13.2 Å². The molecule has 7 heteroatoms. The number of nitrogen functional groups attached to an aromatic ring is 1. The summed E-state index contributed by atoms with van der Waals surface area (Å²) < 4.78 is 28.9. The minimum Gasteiger partial charge on any atom is -0.399 e. The fourth-order valence-electron chi connectivity index (χ4n) is 2.58. The first kappa shape index (κ1) is 15.1. The van der Waals surface area contributed by atoms with Crippen molar-refractivity contribution in [3.05, 3.63) is 18.2 Å². The van der Waals surface area contributed by atoms with Gasteiger partial charge in [0.25, 0.3) is 0 Å². The molecule has 0 saturated carbocycles. The van der Waals surface area contributed by atoms with Gasteiger partial charge in [-0.1, -0.05) is 6.92 Å². The Labute approximate surface area is 119 Å². The summed E-state index contributed by atoms with van der Waals surface area (Å²) in [6.07, 6.45) is 1.02. The first-order valence-electron chi connectivity index (χ1n) is 6.53. The number of anilines is 2. The SMILES string of the molecule is COC1CN(c2ccc(N)cc2S(N)(=O)=O)CCC1C. The fraction of sp³-hybridized carbons (Fsp3) is 0.538. The van der Waals surface area contributed by atoms with Gasteiger partial charge in [-0.2, -0.15) is 0 Å². The molecule has 2 rings (SSSR count). The molecule has 0 bridgehead atoms. The average molecular weight is 299 g/mol. The van der Waals surface area contributed by atoms with E-state index in [1.165, 1.54) is 6.07 Å². The number of primary sulfonamides is 1. The molecule has 0 spiro atoms. The maximum atomic E-state index is 11.7. The van der Waals surface area contributed by atoms with Crippen molar-refractivity contribution in [3.63, 3.8) is 0 Å². The Hall–Kier alpha value is -1.31. The van der Waals surface area contributed by atoms with E-state index >= 15 is 0 Å². The lowest BCUT2D eigenvalue weighted by atomic mass is 9.95. The number of piperidine rings is 1. The van der Waals surface area contributed by atoms with Gasteiger partial charge in [-0.15, -0.1) is 0 Å². The summed E-state index contributed by atoms with van der Waals surface area (Å²) in [5, 5.41) is 5.29. The molecule has 0 radical (unpaired) electrons. The van der Waals surface area contributed by atoms with Gasteiger partial charge in [-0.05, 0) is 30.5 Å². The average Bonchev–Trinajstić information content (AvgIpc) is 2.38. The Balaban J connectivity index is 2.38. The van der Waals surface area contributed by atoms with Gasteiger partial charge in [-0.25, -0.2) is 13.6 Å². The van der Waals surface area contributed by atoms with E-state index in [0.717, 1.165) is 13.0 Å². The number of methoxy groups -OCH3 is 1. The summed E-state index contributed by atoms with van der Waals surface area (Å²) in [5.74, 6) is 0.447. The second-order valence-corrected chi connectivity index (χ2v) is 6.79. The molecule has 1 aliphatic heterocycles. The van der Waals surface area contributed by atoms with Crippen LogP contribution in [0.4, 0.5) is 11.4 Å². The third-order valence-electron chi connectivity index (χ3n) is 3.82. The van der Waals surface area contributed by atoms with E-state index in [1.807, 2.05) is 4.90 Å². The van der Waals surface area contributed by atoms with Crippen molar-refractivity contribution in [3.8, 4) is 0 Å². The number of rotatable bonds is 3. The van der Waals surface area contributed by atoms with Crippen molar-refractivity contribution in [1.29, 1.82) is 0 Å². The molecule has 6 nitrogen and oxygen atoms in total. The second kappa shape index (κ2) is 5.59. The van der Waals surface area contributed by atoms with Crippen molar-refractivity contribution in [2.45, 2.75) is 24.3 Å². The van der Waals surface area contributed by atoms with Crippen LogP contribution in [0.25, 0.3) is 0 Å². The van der Waals surface area contributed by atoms with Gasteiger partial charge in [0.05, 0.1) is 11.8 Å². The zero-order chi connectivity index (χ0) is 14.9. The van der Waals surface area contributed by atoms with E-state index in [0.29, 0.717) is 23.8 Å². The monoisotopic (exact) mass is 299 g/mol. The van der Waals surface area contributed by atoms with Crippen LogP contribution >= 0.6 is 0 Å². The molecule has 112 valence electrons. The molecule has 1 aliphatic rings. The third kappa shape index (κ3) is 3.05. The maximum Gasteiger partial charge on any atom is 0.240 e. The summed E-state index contributed by atoms with van der Waals surface area (Å²) in [4.78, 5) is 2.06. The molecular formula is C13H21N3O3S. The Morgan fingerprint density at radius 2 is 2.10 bits per heavy atom. The Morgan fingerprint density at radius 3 is 2.70 bits per heavy atom. The number of nitrogens with two attached hydrogens (primary N) is 2. The van der Waals surface area contributed by atoms with Gasteiger partial charge >= 0.3 is 0 Å². The van der Waals surface area contributed by atoms with Crippen molar-refractivity contribution in [2.75, 3.05) is 30.8 Å². The standard InChI is InChI=1S/C13H21N3O3S/c1-9-5-6-16(8-12(9)19-2)11-4-3-10(14)7-13(11)20(15,17)18/h3-4,7,9,12H,5-6,8,14H2,1-2H3,(H2,15,17,18). The zero-order valence-electron chi connectivity index (χ0n) is 11.7.